The number of ether oxygens (including phenoxy) is 1. The molecule has 2 N–H and O–H groups in total. The molecule has 0 saturated heterocycles. The molecule has 2 aromatic carbocycles. The molecule has 30 heavy (non-hydrogen) atoms. The number of aromatic hydroxyl groups is 1. The number of amides is 1. The lowest BCUT2D eigenvalue weighted by atomic mass is 10.0. The van der Waals surface area contributed by atoms with Gasteiger partial charge in [0.05, 0.1) is 17.1 Å². The third kappa shape index (κ3) is 4.31. The van der Waals surface area contributed by atoms with Gasteiger partial charge in [0.2, 0.25) is 0 Å². The van der Waals surface area contributed by atoms with Crippen LogP contribution in [0.5, 0.6) is 5.75 Å². The van der Waals surface area contributed by atoms with Gasteiger partial charge in [0, 0.05) is 23.1 Å². The predicted molar refractivity (Wildman–Crippen MR) is 113 cm³/mol. The summed E-state index contributed by atoms with van der Waals surface area (Å²) in [6, 6.07) is 10.7. The second kappa shape index (κ2) is 8.75. The molecule has 1 aromatic heterocycles. The number of thiophene rings is 1. The van der Waals surface area contributed by atoms with Gasteiger partial charge in [-0.05, 0) is 25.5 Å². The molecule has 0 aliphatic carbocycles. The predicted octanol–water partition coefficient (Wildman–Crippen LogP) is 4.77. The number of phenolic OH excluding ortho intramolecular Hbond substituents is 1. The molecule has 1 amide bonds. The zero-order valence-corrected chi connectivity index (χ0v) is 17.0. The Hall–Kier alpha value is -3.72. The van der Waals surface area contributed by atoms with Crippen molar-refractivity contribution < 1.29 is 24.4 Å². The van der Waals surface area contributed by atoms with Crippen LogP contribution in [0.1, 0.15) is 33.2 Å². The summed E-state index contributed by atoms with van der Waals surface area (Å²) in [6.07, 6.45) is 0. The number of nitro benzene ring substituents is 1. The molecule has 9 heteroatoms. The van der Waals surface area contributed by atoms with E-state index in [0.29, 0.717) is 5.56 Å². The normalized spacial score (nSPS) is 10.5. The fraction of sp³-hybridized carbons (Fsp3) is 0.143. The third-order valence-corrected chi connectivity index (χ3v) is 5.19. The molecule has 154 valence electrons. The number of nitrogens with one attached hydrogen (secondary N) is 1. The zero-order valence-electron chi connectivity index (χ0n) is 16.2. The number of anilines is 1. The number of non-ortho nitro benzene ring substituents is 1. The molecule has 0 aliphatic rings. The topological polar surface area (TPSA) is 119 Å². The van der Waals surface area contributed by atoms with Gasteiger partial charge in [-0.1, -0.05) is 29.8 Å². The van der Waals surface area contributed by atoms with Crippen LogP contribution in [0.25, 0.3) is 11.1 Å². The lowest BCUT2D eigenvalue weighted by Crippen LogP contribution is -2.15. The van der Waals surface area contributed by atoms with Crippen molar-refractivity contribution >= 4 is 33.9 Å². The van der Waals surface area contributed by atoms with Crippen molar-refractivity contribution in [3.8, 4) is 16.9 Å². The number of aryl methyl sites for hydroxylation is 1. The maximum Gasteiger partial charge on any atom is 0.341 e. The van der Waals surface area contributed by atoms with E-state index < -0.39 is 22.5 Å². The van der Waals surface area contributed by atoms with E-state index in [1.807, 2.05) is 31.2 Å². The Kier molecular flexibility index (Phi) is 6.12. The summed E-state index contributed by atoms with van der Waals surface area (Å²) in [6.45, 7) is 3.77. The van der Waals surface area contributed by atoms with Crippen molar-refractivity contribution in [2.45, 2.75) is 13.8 Å². The number of rotatable bonds is 6. The van der Waals surface area contributed by atoms with E-state index in [1.54, 1.807) is 12.3 Å². The van der Waals surface area contributed by atoms with E-state index in [4.69, 9.17) is 4.74 Å². The van der Waals surface area contributed by atoms with E-state index in [9.17, 15) is 24.8 Å². The number of nitro groups is 1. The molecule has 8 nitrogen and oxygen atoms in total. The lowest BCUT2D eigenvalue weighted by molar-refractivity contribution is -0.384. The molecule has 0 atom stereocenters. The van der Waals surface area contributed by atoms with Gasteiger partial charge in [-0.2, -0.15) is 0 Å². The van der Waals surface area contributed by atoms with Crippen molar-refractivity contribution in [1.82, 2.24) is 0 Å². The van der Waals surface area contributed by atoms with Crippen molar-refractivity contribution in [3.05, 3.63) is 74.6 Å². The van der Waals surface area contributed by atoms with E-state index >= 15 is 0 Å². The molecule has 0 unspecified atom stereocenters. The van der Waals surface area contributed by atoms with Crippen LogP contribution in [-0.4, -0.2) is 28.5 Å². The summed E-state index contributed by atoms with van der Waals surface area (Å²) >= 11 is 1.12. The minimum atomic E-state index is -0.779. The third-order valence-electron chi connectivity index (χ3n) is 4.30. The molecule has 1 heterocycles. The average molecular weight is 426 g/mol. The fourth-order valence-corrected chi connectivity index (χ4v) is 3.74. The number of nitrogens with zero attached hydrogens (tertiary/aromatic N) is 1. The van der Waals surface area contributed by atoms with Crippen LogP contribution in [0.4, 0.5) is 10.7 Å². The average Bonchev–Trinajstić information content (AvgIpc) is 3.12. The summed E-state index contributed by atoms with van der Waals surface area (Å²) in [7, 11) is 0. The number of esters is 1. The van der Waals surface area contributed by atoms with Gasteiger partial charge in [0.1, 0.15) is 16.3 Å². The molecule has 3 rings (SSSR count). The highest BCUT2D eigenvalue weighted by Crippen LogP contribution is 2.37. The number of phenols is 1. The van der Waals surface area contributed by atoms with E-state index in [1.165, 1.54) is 0 Å². The summed E-state index contributed by atoms with van der Waals surface area (Å²) in [5, 5.41) is 25.5. The maximum atomic E-state index is 12.7. The van der Waals surface area contributed by atoms with Gasteiger partial charge in [-0.15, -0.1) is 11.3 Å². The second-order valence-corrected chi connectivity index (χ2v) is 7.23. The Morgan fingerprint density at radius 1 is 1.20 bits per heavy atom. The highest BCUT2D eigenvalue weighted by Gasteiger charge is 2.24. The molecule has 0 saturated carbocycles. The van der Waals surface area contributed by atoms with E-state index in [2.05, 4.69) is 5.32 Å². The quantitative estimate of drug-likeness (QED) is 0.333. The van der Waals surface area contributed by atoms with Crippen molar-refractivity contribution in [1.29, 1.82) is 0 Å². The maximum absolute atomic E-state index is 12.7. The van der Waals surface area contributed by atoms with E-state index in [-0.39, 0.29) is 28.4 Å². The van der Waals surface area contributed by atoms with Gasteiger partial charge in [0.15, 0.2) is 0 Å². The van der Waals surface area contributed by atoms with Crippen molar-refractivity contribution in [2.24, 2.45) is 0 Å². The number of hydrogen-bond donors (Lipinski definition) is 2. The monoisotopic (exact) mass is 426 g/mol. The van der Waals surface area contributed by atoms with Gasteiger partial charge < -0.3 is 15.2 Å². The van der Waals surface area contributed by atoms with Crippen LogP contribution in [-0.2, 0) is 4.74 Å². The fourth-order valence-electron chi connectivity index (χ4n) is 2.79. The molecular formula is C21H18N2O6S. The number of carbonyl (C=O) groups is 2. The van der Waals surface area contributed by atoms with Crippen LogP contribution in [0.3, 0.4) is 0 Å². The highest BCUT2D eigenvalue weighted by atomic mass is 32.1. The van der Waals surface area contributed by atoms with Gasteiger partial charge in [0.25, 0.3) is 11.6 Å². The van der Waals surface area contributed by atoms with Gasteiger partial charge >= 0.3 is 5.97 Å². The van der Waals surface area contributed by atoms with Gasteiger partial charge in [-0.3, -0.25) is 14.9 Å². The largest absolute Gasteiger partial charge is 0.507 e. The molecule has 0 radical (unpaired) electrons. The minimum Gasteiger partial charge on any atom is -0.507 e. The molecule has 3 aromatic rings. The molecule has 0 bridgehead atoms. The summed E-state index contributed by atoms with van der Waals surface area (Å²) in [5.41, 5.74) is 2.00. The van der Waals surface area contributed by atoms with Crippen LogP contribution in [0.2, 0.25) is 0 Å². The first-order valence-electron chi connectivity index (χ1n) is 8.96. The number of carbonyl (C=O) groups excluding carboxylic acids is 2. The molecular weight excluding hydrogens is 408 g/mol. The lowest BCUT2D eigenvalue weighted by Gasteiger charge is -2.10. The summed E-state index contributed by atoms with van der Waals surface area (Å²) in [4.78, 5) is 35.6. The Labute approximate surface area is 175 Å². The number of benzene rings is 2. The first-order chi connectivity index (χ1) is 14.3. The Balaban J connectivity index is 2.01. The van der Waals surface area contributed by atoms with Crippen LogP contribution in [0.15, 0.2) is 47.8 Å². The smallest absolute Gasteiger partial charge is 0.341 e. The van der Waals surface area contributed by atoms with Gasteiger partial charge in [-0.25, -0.2) is 4.79 Å². The molecule has 0 aliphatic heterocycles. The Morgan fingerprint density at radius 2 is 1.90 bits per heavy atom. The Bertz CT molecular complexity index is 1120. The first kappa shape index (κ1) is 21.0. The standard InChI is InChI=1S/C21H18N2O6S/c1-3-29-21(26)18-16(13-6-4-12(2)5-7-13)11-30-20(18)22-19(25)15-10-14(23(27)28)8-9-17(15)24/h4-11,24H,3H2,1-2H3,(H,22,25). The van der Waals surface area contributed by atoms with Crippen molar-refractivity contribution in [2.75, 3.05) is 11.9 Å². The van der Waals surface area contributed by atoms with Crippen molar-refractivity contribution in [3.63, 3.8) is 0 Å². The highest BCUT2D eigenvalue weighted by molar-refractivity contribution is 7.15. The number of hydrogen-bond acceptors (Lipinski definition) is 7. The second-order valence-electron chi connectivity index (χ2n) is 6.35. The first-order valence-corrected chi connectivity index (χ1v) is 9.84. The minimum absolute atomic E-state index is 0.154. The molecule has 0 spiro atoms. The van der Waals surface area contributed by atoms with Crippen LogP contribution < -0.4 is 5.32 Å². The summed E-state index contributed by atoms with van der Waals surface area (Å²) < 4.78 is 5.15. The van der Waals surface area contributed by atoms with Crippen LogP contribution in [0, 0.1) is 17.0 Å². The van der Waals surface area contributed by atoms with Crippen LogP contribution >= 0.6 is 11.3 Å². The summed E-state index contributed by atoms with van der Waals surface area (Å²) in [5.74, 6) is -1.79. The zero-order chi connectivity index (χ0) is 21.8. The Morgan fingerprint density at radius 3 is 2.53 bits per heavy atom. The molecule has 0 fully saturated rings. The SMILES string of the molecule is CCOC(=O)c1c(-c2ccc(C)cc2)csc1NC(=O)c1cc([N+](=O)[O-])ccc1O. The van der Waals surface area contributed by atoms with E-state index in [0.717, 1.165) is 40.7 Å².